The fraction of sp³-hybridized carbons (Fsp3) is 0.294. The van der Waals surface area contributed by atoms with Crippen LogP contribution in [0.15, 0.2) is 54.6 Å². The normalized spacial score (nSPS) is 22.2. The van der Waals surface area contributed by atoms with Gasteiger partial charge in [0.1, 0.15) is 6.10 Å². The Balaban J connectivity index is 1.94. The number of benzene rings is 2. The van der Waals surface area contributed by atoms with Crippen molar-refractivity contribution in [2.24, 2.45) is 0 Å². The second-order valence-corrected chi connectivity index (χ2v) is 5.20. The Morgan fingerprint density at radius 3 is 2.65 bits per heavy atom. The average Bonchev–Trinajstić information content (AvgIpc) is 2.92. The Hall–Kier alpha value is -1.84. The van der Waals surface area contributed by atoms with Crippen LogP contribution in [-0.2, 0) is 4.74 Å². The molecule has 3 heteroatoms. The van der Waals surface area contributed by atoms with Crippen LogP contribution in [0.4, 0.5) is 5.69 Å². The molecule has 0 bridgehead atoms. The fourth-order valence-electron chi connectivity index (χ4n) is 2.66. The summed E-state index contributed by atoms with van der Waals surface area (Å²) >= 11 is 0. The standard InChI is InChI=1S/C17H19NO2/c1-13-6-5-7-14(10-13)17-18(11-16(12-19)20-17)15-8-3-2-4-9-15/h2-10,16-17,19H,11-12H2,1H3. The van der Waals surface area contributed by atoms with Crippen molar-refractivity contribution in [2.75, 3.05) is 18.1 Å². The van der Waals surface area contributed by atoms with Crippen molar-refractivity contribution in [3.05, 3.63) is 65.7 Å². The summed E-state index contributed by atoms with van der Waals surface area (Å²) < 4.78 is 5.99. The molecule has 1 saturated heterocycles. The minimum absolute atomic E-state index is 0.0473. The lowest BCUT2D eigenvalue weighted by atomic mass is 10.1. The van der Waals surface area contributed by atoms with Crippen molar-refractivity contribution < 1.29 is 9.84 Å². The molecular formula is C17H19NO2. The molecule has 2 aromatic carbocycles. The van der Waals surface area contributed by atoms with Crippen LogP contribution in [0.5, 0.6) is 0 Å². The molecular weight excluding hydrogens is 250 g/mol. The van der Waals surface area contributed by atoms with Gasteiger partial charge in [0.15, 0.2) is 6.23 Å². The van der Waals surface area contributed by atoms with E-state index in [1.807, 2.05) is 24.3 Å². The molecule has 0 spiro atoms. The Bertz CT molecular complexity index is 570. The van der Waals surface area contributed by atoms with Gasteiger partial charge in [-0.1, -0.05) is 48.0 Å². The van der Waals surface area contributed by atoms with E-state index in [0.717, 1.165) is 11.3 Å². The molecule has 1 heterocycles. The summed E-state index contributed by atoms with van der Waals surface area (Å²) in [5.41, 5.74) is 3.46. The van der Waals surface area contributed by atoms with Gasteiger partial charge < -0.3 is 14.7 Å². The number of para-hydroxylation sites is 1. The third kappa shape index (κ3) is 2.55. The number of rotatable bonds is 3. The molecule has 2 unspecified atom stereocenters. The first kappa shape index (κ1) is 13.2. The van der Waals surface area contributed by atoms with E-state index in [4.69, 9.17) is 4.74 Å². The first-order valence-electron chi connectivity index (χ1n) is 6.92. The first-order chi connectivity index (χ1) is 9.78. The maximum Gasteiger partial charge on any atom is 0.157 e. The van der Waals surface area contributed by atoms with E-state index >= 15 is 0 Å². The number of anilines is 1. The van der Waals surface area contributed by atoms with Crippen LogP contribution in [0.1, 0.15) is 17.4 Å². The summed E-state index contributed by atoms with van der Waals surface area (Å²) in [7, 11) is 0. The minimum Gasteiger partial charge on any atom is -0.394 e. The molecule has 0 aromatic heterocycles. The summed E-state index contributed by atoms with van der Waals surface area (Å²) in [5, 5.41) is 9.40. The van der Waals surface area contributed by atoms with E-state index in [9.17, 15) is 5.11 Å². The number of aliphatic hydroxyl groups is 1. The number of aryl methyl sites for hydroxylation is 1. The number of hydrogen-bond acceptors (Lipinski definition) is 3. The highest BCUT2D eigenvalue weighted by Crippen LogP contribution is 2.34. The van der Waals surface area contributed by atoms with Gasteiger partial charge in [-0.25, -0.2) is 0 Å². The third-order valence-corrected chi connectivity index (χ3v) is 3.62. The van der Waals surface area contributed by atoms with Crippen molar-refractivity contribution in [3.63, 3.8) is 0 Å². The highest BCUT2D eigenvalue weighted by Gasteiger charge is 2.33. The van der Waals surface area contributed by atoms with E-state index < -0.39 is 0 Å². The van der Waals surface area contributed by atoms with Gasteiger partial charge in [0.25, 0.3) is 0 Å². The van der Waals surface area contributed by atoms with Gasteiger partial charge in [0.2, 0.25) is 0 Å². The maximum atomic E-state index is 9.40. The first-order valence-corrected chi connectivity index (χ1v) is 6.92. The molecule has 1 N–H and O–H groups in total. The fourth-order valence-corrected chi connectivity index (χ4v) is 2.66. The van der Waals surface area contributed by atoms with Gasteiger partial charge in [0, 0.05) is 17.8 Å². The Kier molecular flexibility index (Phi) is 3.72. The van der Waals surface area contributed by atoms with Crippen LogP contribution in [0.3, 0.4) is 0 Å². The van der Waals surface area contributed by atoms with Crippen molar-refractivity contribution in [3.8, 4) is 0 Å². The summed E-state index contributed by atoms with van der Waals surface area (Å²) in [6.45, 7) is 2.83. The van der Waals surface area contributed by atoms with Gasteiger partial charge in [0.05, 0.1) is 6.61 Å². The molecule has 3 nitrogen and oxygen atoms in total. The second kappa shape index (κ2) is 5.65. The Morgan fingerprint density at radius 2 is 1.95 bits per heavy atom. The Morgan fingerprint density at radius 1 is 1.15 bits per heavy atom. The molecule has 1 aliphatic rings. The van der Waals surface area contributed by atoms with Crippen LogP contribution >= 0.6 is 0 Å². The predicted molar refractivity (Wildman–Crippen MR) is 79.7 cm³/mol. The van der Waals surface area contributed by atoms with Crippen LogP contribution < -0.4 is 4.90 Å². The number of aliphatic hydroxyl groups excluding tert-OH is 1. The molecule has 3 rings (SSSR count). The molecule has 0 radical (unpaired) electrons. The average molecular weight is 269 g/mol. The van der Waals surface area contributed by atoms with Gasteiger partial charge in [-0.2, -0.15) is 0 Å². The van der Waals surface area contributed by atoms with Crippen LogP contribution in [0.2, 0.25) is 0 Å². The largest absolute Gasteiger partial charge is 0.394 e. The van der Waals surface area contributed by atoms with Crippen molar-refractivity contribution in [1.29, 1.82) is 0 Å². The molecule has 0 aliphatic carbocycles. The van der Waals surface area contributed by atoms with E-state index in [1.54, 1.807) is 0 Å². The highest BCUT2D eigenvalue weighted by molar-refractivity contribution is 5.49. The zero-order valence-corrected chi connectivity index (χ0v) is 11.6. The van der Waals surface area contributed by atoms with Gasteiger partial charge >= 0.3 is 0 Å². The monoisotopic (exact) mass is 269 g/mol. The quantitative estimate of drug-likeness (QED) is 0.930. The van der Waals surface area contributed by atoms with Crippen LogP contribution in [0.25, 0.3) is 0 Å². The van der Waals surface area contributed by atoms with Crippen molar-refractivity contribution in [1.82, 2.24) is 0 Å². The van der Waals surface area contributed by atoms with Crippen LogP contribution in [-0.4, -0.2) is 24.4 Å². The summed E-state index contributed by atoms with van der Waals surface area (Å²) in [4.78, 5) is 2.20. The zero-order valence-electron chi connectivity index (χ0n) is 11.6. The zero-order chi connectivity index (χ0) is 13.9. The number of ether oxygens (including phenoxy) is 1. The van der Waals surface area contributed by atoms with Gasteiger partial charge in [-0.05, 0) is 19.1 Å². The summed E-state index contributed by atoms with van der Waals surface area (Å²) in [6.07, 6.45) is -0.268. The molecule has 2 aromatic rings. The van der Waals surface area contributed by atoms with Crippen LogP contribution in [0, 0.1) is 6.92 Å². The van der Waals surface area contributed by atoms with Gasteiger partial charge in [-0.15, -0.1) is 0 Å². The van der Waals surface area contributed by atoms with E-state index in [-0.39, 0.29) is 18.9 Å². The van der Waals surface area contributed by atoms with E-state index in [2.05, 4.69) is 42.2 Å². The Labute approximate surface area is 119 Å². The third-order valence-electron chi connectivity index (χ3n) is 3.62. The number of nitrogens with zero attached hydrogens (tertiary/aromatic N) is 1. The number of hydrogen-bond donors (Lipinski definition) is 1. The molecule has 0 amide bonds. The SMILES string of the molecule is Cc1cccc(C2OC(CO)CN2c2ccccc2)c1. The molecule has 1 aliphatic heterocycles. The lowest BCUT2D eigenvalue weighted by molar-refractivity contribution is 0.0147. The molecule has 0 saturated carbocycles. The molecule has 104 valence electrons. The lowest BCUT2D eigenvalue weighted by Gasteiger charge is -2.25. The smallest absolute Gasteiger partial charge is 0.157 e. The second-order valence-electron chi connectivity index (χ2n) is 5.20. The van der Waals surface area contributed by atoms with Crippen molar-refractivity contribution in [2.45, 2.75) is 19.3 Å². The predicted octanol–water partition coefficient (Wildman–Crippen LogP) is 2.89. The lowest BCUT2D eigenvalue weighted by Crippen LogP contribution is -2.25. The van der Waals surface area contributed by atoms with E-state index in [0.29, 0.717) is 6.54 Å². The molecule has 2 atom stereocenters. The van der Waals surface area contributed by atoms with Crippen molar-refractivity contribution >= 4 is 5.69 Å². The van der Waals surface area contributed by atoms with E-state index in [1.165, 1.54) is 5.56 Å². The minimum atomic E-state index is -0.138. The maximum absolute atomic E-state index is 9.40. The highest BCUT2D eigenvalue weighted by atomic mass is 16.5. The summed E-state index contributed by atoms with van der Waals surface area (Å²) in [5.74, 6) is 0. The summed E-state index contributed by atoms with van der Waals surface area (Å²) in [6, 6.07) is 18.5. The molecule has 1 fully saturated rings. The molecule has 20 heavy (non-hydrogen) atoms. The van der Waals surface area contributed by atoms with Gasteiger partial charge in [-0.3, -0.25) is 0 Å². The topological polar surface area (TPSA) is 32.7 Å².